The van der Waals surface area contributed by atoms with Crippen LogP contribution in [0.5, 0.6) is 11.5 Å². The number of nitrogens with two attached hydrogens (primary N) is 2. The van der Waals surface area contributed by atoms with Crippen molar-refractivity contribution >= 4 is 35.3 Å². The number of carbonyl (C=O) groups excluding carboxylic acids is 4. The van der Waals surface area contributed by atoms with Gasteiger partial charge in [0.05, 0.1) is 25.3 Å². The SMILES string of the molecule is COc1ccc(N)c([C@](OC(=O)[C@H](OC(=O)c2ccccc2)[C@@H](OC(=O)c2ccccc2)C(=O)O[C@](c2ccccc2)(c2cc(OC)ccc2N)C(F)(F)F)(c2ccccc2)C(F)(F)F)c1. The van der Waals surface area contributed by atoms with E-state index in [1.165, 1.54) is 84.9 Å². The van der Waals surface area contributed by atoms with Crippen LogP contribution >= 0.6 is 0 Å². The second kappa shape index (κ2) is 19.4. The number of methoxy groups -OCH3 is 2. The fourth-order valence-electron chi connectivity index (χ4n) is 6.97. The van der Waals surface area contributed by atoms with E-state index in [1.807, 2.05) is 0 Å². The van der Waals surface area contributed by atoms with E-state index in [0.717, 1.165) is 87.0 Å². The zero-order chi connectivity index (χ0) is 47.9. The van der Waals surface area contributed by atoms with E-state index >= 15 is 26.3 Å². The van der Waals surface area contributed by atoms with Gasteiger partial charge in [-0.2, -0.15) is 26.3 Å². The van der Waals surface area contributed by atoms with Crippen LogP contribution in [0.4, 0.5) is 37.7 Å². The summed E-state index contributed by atoms with van der Waals surface area (Å²) in [6.07, 6.45) is -17.7. The average Bonchev–Trinajstić information content (AvgIpc) is 3.31. The van der Waals surface area contributed by atoms with Crippen LogP contribution in [0.3, 0.4) is 0 Å². The number of hydrogen-bond acceptors (Lipinski definition) is 12. The van der Waals surface area contributed by atoms with E-state index in [-0.39, 0.29) is 22.6 Å². The number of anilines is 2. The van der Waals surface area contributed by atoms with Crippen molar-refractivity contribution in [1.29, 1.82) is 0 Å². The maximum atomic E-state index is 16.1. The van der Waals surface area contributed by atoms with Gasteiger partial charge in [0.25, 0.3) is 11.2 Å². The first-order chi connectivity index (χ1) is 31.4. The first-order valence-electron chi connectivity index (χ1n) is 19.5. The van der Waals surface area contributed by atoms with Gasteiger partial charge >= 0.3 is 36.2 Å². The Morgan fingerprint density at radius 1 is 0.455 bits per heavy atom. The van der Waals surface area contributed by atoms with E-state index in [9.17, 15) is 19.2 Å². The minimum atomic E-state index is -5.68. The van der Waals surface area contributed by atoms with E-state index in [4.69, 9.17) is 39.9 Å². The Hall–Kier alpha value is -8.02. The monoisotopic (exact) mass is 916 g/mol. The Bertz CT molecular complexity index is 2490. The molecule has 4 N–H and O–H groups in total. The van der Waals surface area contributed by atoms with Crippen molar-refractivity contribution in [1.82, 2.24) is 0 Å². The number of ether oxygens (including phenoxy) is 6. The highest BCUT2D eigenvalue weighted by atomic mass is 19.4. The molecule has 6 aromatic carbocycles. The number of nitrogen functional groups attached to an aromatic ring is 2. The highest BCUT2D eigenvalue weighted by molar-refractivity contribution is 5.96. The summed E-state index contributed by atoms with van der Waals surface area (Å²) >= 11 is 0. The molecule has 0 radical (unpaired) electrons. The Kier molecular flexibility index (Phi) is 13.9. The second-order valence-corrected chi connectivity index (χ2v) is 14.2. The molecule has 0 fully saturated rings. The molecule has 0 spiro atoms. The lowest BCUT2D eigenvalue weighted by Gasteiger charge is -2.39. The van der Waals surface area contributed by atoms with Crippen LogP contribution in [-0.2, 0) is 39.7 Å². The molecule has 12 nitrogen and oxygen atoms in total. The minimum absolute atomic E-state index is 0.202. The molecule has 0 aliphatic carbocycles. The Labute approximate surface area is 372 Å². The Morgan fingerprint density at radius 2 is 0.758 bits per heavy atom. The molecule has 18 heteroatoms. The number of halogens is 6. The molecular formula is C48H38F6N2O10. The minimum Gasteiger partial charge on any atom is -0.497 e. The molecule has 342 valence electrons. The van der Waals surface area contributed by atoms with E-state index in [1.54, 1.807) is 0 Å². The lowest BCUT2D eigenvalue weighted by molar-refractivity contribution is -0.269. The van der Waals surface area contributed by atoms with Crippen LogP contribution in [-0.4, -0.2) is 62.7 Å². The topological polar surface area (TPSA) is 176 Å². The molecular weight excluding hydrogens is 879 g/mol. The summed E-state index contributed by atoms with van der Waals surface area (Å²) in [6, 6.07) is 29.9. The number of rotatable bonds is 15. The van der Waals surface area contributed by atoms with Crippen molar-refractivity contribution in [3.63, 3.8) is 0 Å². The normalized spacial score (nSPS) is 14.2. The predicted octanol–water partition coefficient (Wildman–Crippen LogP) is 8.72. The van der Waals surface area contributed by atoms with Crippen molar-refractivity contribution in [3.8, 4) is 11.5 Å². The van der Waals surface area contributed by atoms with Crippen LogP contribution in [0.2, 0.25) is 0 Å². The molecule has 0 amide bonds. The number of alkyl halides is 6. The van der Waals surface area contributed by atoms with Crippen molar-refractivity contribution in [3.05, 3.63) is 191 Å². The molecule has 0 aliphatic rings. The van der Waals surface area contributed by atoms with Crippen LogP contribution in [0.1, 0.15) is 43.0 Å². The maximum Gasteiger partial charge on any atom is 0.437 e. The lowest BCUT2D eigenvalue weighted by Crippen LogP contribution is -2.55. The molecule has 0 heterocycles. The molecule has 0 unspecified atom stereocenters. The number of esters is 4. The van der Waals surface area contributed by atoms with E-state index < -0.39 is 93.3 Å². The van der Waals surface area contributed by atoms with Gasteiger partial charge in [0.2, 0.25) is 12.2 Å². The molecule has 0 bridgehead atoms. The van der Waals surface area contributed by atoms with Gasteiger partial charge < -0.3 is 39.9 Å². The van der Waals surface area contributed by atoms with Crippen LogP contribution in [0.15, 0.2) is 158 Å². The molecule has 6 aromatic rings. The summed E-state index contributed by atoms with van der Waals surface area (Å²) in [5.41, 5.74) is -1.07. The van der Waals surface area contributed by atoms with Crippen molar-refractivity contribution in [2.75, 3.05) is 25.7 Å². The fraction of sp³-hybridized carbons (Fsp3) is 0.167. The van der Waals surface area contributed by atoms with E-state index in [0.29, 0.717) is 0 Å². The highest BCUT2D eigenvalue weighted by Crippen LogP contribution is 2.52. The number of benzene rings is 6. The summed E-state index contributed by atoms with van der Waals surface area (Å²) in [4.78, 5) is 57.7. The van der Waals surface area contributed by atoms with Crippen molar-refractivity contribution < 1.29 is 73.9 Å². The predicted molar refractivity (Wildman–Crippen MR) is 225 cm³/mol. The standard InChI is InChI=1S/C48H38F6N2O10/c1-61-33-23-25-37(55)35(27-33)45(47(49,50)51,31-19-11-5-12-20-31)65-43(59)39(63-41(57)29-15-7-3-8-16-29)40(64-42(58)30-17-9-4-10-18-30)44(60)66-46(48(52,53)54,32-21-13-6-14-22-32)36-28-34(62-2)24-26-38(36)56/h3-28,39-40H,55-56H2,1-2H3/t39-,40-,45-,46-/m1/s1. The highest BCUT2D eigenvalue weighted by Gasteiger charge is 2.65. The summed E-state index contributed by atoms with van der Waals surface area (Å²) in [5, 5.41) is 0. The smallest absolute Gasteiger partial charge is 0.437 e. The number of carbonyl (C=O) groups is 4. The van der Waals surface area contributed by atoms with Gasteiger partial charge in [-0.15, -0.1) is 0 Å². The van der Waals surface area contributed by atoms with Crippen LogP contribution in [0.25, 0.3) is 0 Å². The van der Waals surface area contributed by atoms with Gasteiger partial charge in [-0.25, -0.2) is 19.2 Å². The molecule has 0 saturated heterocycles. The van der Waals surface area contributed by atoms with Crippen molar-refractivity contribution in [2.24, 2.45) is 0 Å². The lowest BCUT2D eigenvalue weighted by atomic mass is 9.83. The summed E-state index contributed by atoms with van der Waals surface area (Å²) in [6.45, 7) is 0. The largest absolute Gasteiger partial charge is 0.497 e. The van der Waals surface area contributed by atoms with Gasteiger partial charge in [-0.1, -0.05) is 97.1 Å². The maximum absolute atomic E-state index is 16.1. The van der Waals surface area contributed by atoms with Crippen LogP contribution < -0.4 is 20.9 Å². The summed E-state index contributed by atoms with van der Waals surface area (Å²) in [7, 11) is 2.26. The molecule has 6 rings (SSSR count). The van der Waals surface area contributed by atoms with Gasteiger partial charge in [-0.3, -0.25) is 0 Å². The van der Waals surface area contributed by atoms with Gasteiger partial charge in [0, 0.05) is 33.6 Å². The summed E-state index contributed by atoms with van der Waals surface area (Å²) < 4.78 is 129. The third-order valence-corrected chi connectivity index (χ3v) is 10.2. The average molecular weight is 917 g/mol. The van der Waals surface area contributed by atoms with Crippen LogP contribution in [0, 0.1) is 0 Å². The molecule has 0 aromatic heterocycles. The van der Waals surface area contributed by atoms with Crippen molar-refractivity contribution in [2.45, 2.75) is 35.8 Å². The second-order valence-electron chi connectivity index (χ2n) is 14.2. The first-order valence-corrected chi connectivity index (χ1v) is 19.5. The first kappa shape index (κ1) is 47.5. The van der Waals surface area contributed by atoms with E-state index in [2.05, 4.69) is 0 Å². The zero-order valence-corrected chi connectivity index (χ0v) is 34.7. The third kappa shape index (κ3) is 9.43. The Morgan fingerprint density at radius 3 is 1.05 bits per heavy atom. The zero-order valence-electron chi connectivity index (χ0n) is 34.7. The molecule has 0 saturated carbocycles. The third-order valence-electron chi connectivity index (χ3n) is 10.2. The Balaban J connectivity index is 1.63. The fourth-order valence-corrected chi connectivity index (χ4v) is 6.97. The van der Waals surface area contributed by atoms with Gasteiger partial charge in [0.1, 0.15) is 11.5 Å². The van der Waals surface area contributed by atoms with Gasteiger partial charge in [-0.05, 0) is 60.7 Å². The quantitative estimate of drug-likeness (QED) is 0.0435. The summed E-state index contributed by atoms with van der Waals surface area (Å²) in [5.74, 6) is -8.02. The number of hydrogen-bond donors (Lipinski definition) is 2. The van der Waals surface area contributed by atoms with Gasteiger partial charge in [0.15, 0.2) is 0 Å². The molecule has 4 atom stereocenters. The molecule has 0 aliphatic heterocycles. The molecule has 66 heavy (non-hydrogen) atoms.